The van der Waals surface area contributed by atoms with Crippen LogP contribution in [0.25, 0.3) is 22.2 Å². The van der Waals surface area contributed by atoms with Crippen LogP contribution in [0.15, 0.2) is 18.3 Å². The number of anilines is 1. The molecule has 8 nitrogen and oxygen atoms in total. The smallest absolute Gasteiger partial charge is 0.179 e. The second-order valence-corrected chi connectivity index (χ2v) is 9.30. The molecular formula is C22H24ClFN8. The van der Waals surface area contributed by atoms with Crippen LogP contribution in [0.5, 0.6) is 0 Å². The lowest BCUT2D eigenvalue weighted by Gasteiger charge is -2.29. The number of benzene rings is 1. The van der Waals surface area contributed by atoms with Crippen molar-refractivity contribution in [1.82, 2.24) is 34.6 Å². The minimum Gasteiger partial charge on any atom is -0.360 e. The normalized spacial score (nSPS) is 18.1. The Labute approximate surface area is 189 Å². The van der Waals surface area contributed by atoms with Crippen molar-refractivity contribution >= 4 is 39.6 Å². The van der Waals surface area contributed by atoms with Gasteiger partial charge in [0.05, 0.1) is 34.3 Å². The van der Waals surface area contributed by atoms with Crippen molar-refractivity contribution in [3.05, 3.63) is 40.7 Å². The van der Waals surface area contributed by atoms with Crippen LogP contribution in [0.1, 0.15) is 49.2 Å². The highest BCUT2D eigenvalue weighted by Crippen LogP contribution is 2.39. The first-order valence-electron chi connectivity index (χ1n) is 11.1. The number of hydrogen-bond donors (Lipinski definition) is 2. The molecule has 0 amide bonds. The summed E-state index contributed by atoms with van der Waals surface area (Å²) < 4.78 is 15.8. The molecular weight excluding hydrogens is 431 g/mol. The molecule has 4 heterocycles. The molecule has 1 aliphatic carbocycles. The van der Waals surface area contributed by atoms with Gasteiger partial charge in [0.15, 0.2) is 17.0 Å². The van der Waals surface area contributed by atoms with Crippen molar-refractivity contribution in [2.45, 2.75) is 44.2 Å². The predicted octanol–water partition coefficient (Wildman–Crippen LogP) is 4.25. The highest BCUT2D eigenvalue weighted by molar-refractivity contribution is 6.31. The topological polar surface area (TPSA) is 87.5 Å². The van der Waals surface area contributed by atoms with Gasteiger partial charge in [-0.05, 0) is 51.9 Å². The molecule has 1 aliphatic heterocycles. The summed E-state index contributed by atoms with van der Waals surface area (Å²) in [5, 5.41) is 8.32. The molecule has 1 aromatic carbocycles. The van der Waals surface area contributed by atoms with E-state index >= 15 is 0 Å². The Bertz CT molecular complexity index is 1260. The van der Waals surface area contributed by atoms with Crippen LogP contribution in [0.4, 0.5) is 10.2 Å². The molecule has 2 aliphatic rings. The van der Waals surface area contributed by atoms with Crippen molar-refractivity contribution in [2.24, 2.45) is 0 Å². The molecule has 1 saturated carbocycles. The van der Waals surface area contributed by atoms with Gasteiger partial charge in [-0.3, -0.25) is 0 Å². The third kappa shape index (κ3) is 3.59. The summed E-state index contributed by atoms with van der Waals surface area (Å²) in [5.41, 5.74) is 3.93. The average Bonchev–Trinajstić information content (AvgIpc) is 3.48. The van der Waals surface area contributed by atoms with Crippen LogP contribution < -0.4 is 5.32 Å². The highest BCUT2D eigenvalue weighted by atomic mass is 35.5. The standard InChI is InChI=1S/C22H24ClFN8/c1-31-6-4-13(5-7-31)32-22-20(25-10-18(29-22)12-2-3-12)21(30-32)26-11-19-27-16-8-14(23)15(24)9-17(16)28-19/h8-10,12-13H,2-7,11H2,1H3,(H,26,30)(H,27,28). The Morgan fingerprint density at radius 3 is 2.78 bits per heavy atom. The van der Waals surface area contributed by atoms with Crippen molar-refractivity contribution in [1.29, 1.82) is 0 Å². The number of rotatable bonds is 5. The first-order valence-corrected chi connectivity index (χ1v) is 11.4. The van der Waals surface area contributed by atoms with Gasteiger partial charge in [0.25, 0.3) is 0 Å². The van der Waals surface area contributed by atoms with Crippen LogP contribution >= 0.6 is 11.6 Å². The summed E-state index contributed by atoms with van der Waals surface area (Å²) in [4.78, 5) is 19.7. The van der Waals surface area contributed by atoms with Crippen molar-refractivity contribution in [3.8, 4) is 0 Å². The second-order valence-electron chi connectivity index (χ2n) is 8.89. The number of likely N-dealkylation sites (tertiary alicyclic amines) is 1. The van der Waals surface area contributed by atoms with E-state index in [0.717, 1.165) is 42.8 Å². The van der Waals surface area contributed by atoms with Crippen molar-refractivity contribution in [2.75, 3.05) is 25.5 Å². The predicted molar refractivity (Wildman–Crippen MR) is 121 cm³/mol. The van der Waals surface area contributed by atoms with Crippen LogP contribution in [-0.4, -0.2) is 54.8 Å². The molecule has 10 heteroatoms. The zero-order valence-electron chi connectivity index (χ0n) is 17.8. The van der Waals surface area contributed by atoms with Gasteiger partial charge < -0.3 is 15.2 Å². The number of H-pyrrole nitrogens is 1. The fraction of sp³-hybridized carbons (Fsp3) is 0.455. The van der Waals surface area contributed by atoms with E-state index in [4.69, 9.17) is 26.7 Å². The maximum atomic E-state index is 13.8. The molecule has 166 valence electrons. The molecule has 0 bridgehead atoms. The van der Waals surface area contributed by atoms with E-state index in [1.54, 1.807) is 0 Å². The number of hydrogen-bond acceptors (Lipinski definition) is 6. The lowest BCUT2D eigenvalue weighted by molar-refractivity contribution is 0.215. The summed E-state index contributed by atoms with van der Waals surface area (Å²) in [7, 11) is 2.15. The fourth-order valence-electron chi connectivity index (χ4n) is 4.42. The van der Waals surface area contributed by atoms with Crippen LogP contribution in [0.3, 0.4) is 0 Å². The quantitative estimate of drug-likeness (QED) is 0.468. The van der Waals surface area contributed by atoms with E-state index in [0.29, 0.717) is 41.2 Å². The largest absolute Gasteiger partial charge is 0.360 e. The number of aromatic amines is 1. The van der Waals surface area contributed by atoms with E-state index in [1.807, 2.05) is 6.20 Å². The number of nitrogens with one attached hydrogen (secondary N) is 2. The van der Waals surface area contributed by atoms with Crippen LogP contribution in [0, 0.1) is 5.82 Å². The number of piperidine rings is 1. The number of fused-ring (bicyclic) bond motifs is 2. The molecule has 1 saturated heterocycles. The molecule has 0 unspecified atom stereocenters. The lowest BCUT2D eigenvalue weighted by Crippen LogP contribution is -2.32. The maximum absolute atomic E-state index is 13.8. The van der Waals surface area contributed by atoms with Crippen LogP contribution in [-0.2, 0) is 6.54 Å². The Morgan fingerprint density at radius 2 is 2.00 bits per heavy atom. The zero-order valence-corrected chi connectivity index (χ0v) is 18.5. The molecule has 6 rings (SSSR count). The molecule has 2 N–H and O–H groups in total. The maximum Gasteiger partial charge on any atom is 0.179 e. The third-order valence-electron chi connectivity index (χ3n) is 6.45. The number of aromatic nitrogens is 6. The molecule has 0 spiro atoms. The van der Waals surface area contributed by atoms with Crippen molar-refractivity contribution < 1.29 is 4.39 Å². The van der Waals surface area contributed by atoms with E-state index < -0.39 is 5.82 Å². The summed E-state index contributed by atoms with van der Waals surface area (Å²) in [6.07, 6.45) is 6.34. The Kier molecular flexibility index (Phi) is 4.76. The second kappa shape index (κ2) is 7.67. The van der Waals surface area contributed by atoms with Gasteiger partial charge in [0.2, 0.25) is 0 Å². The lowest BCUT2D eigenvalue weighted by atomic mass is 10.1. The number of imidazole rings is 1. The minimum atomic E-state index is -0.466. The fourth-order valence-corrected chi connectivity index (χ4v) is 4.58. The minimum absolute atomic E-state index is 0.0631. The zero-order chi connectivity index (χ0) is 21.8. The van der Waals surface area contributed by atoms with Gasteiger partial charge in [-0.25, -0.2) is 24.0 Å². The monoisotopic (exact) mass is 454 g/mol. The van der Waals surface area contributed by atoms with E-state index in [1.165, 1.54) is 25.0 Å². The first kappa shape index (κ1) is 19.9. The summed E-state index contributed by atoms with van der Waals surface area (Å²) in [6, 6.07) is 3.20. The molecule has 3 aromatic heterocycles. The summed E-state index contributed by atoms with van der Waals surface area (Å²) in [6.45, 7) is 2.49. The van der Waals surface area contributed by atoms with Crippen molar-refractivity contribution in [3.63, 3.8) is 0 Å². The van der Waals surface area contributed by atoms with Gasteiger partial charge in [-0.2, -0.15) is 5.10 Å². The van der Waals surface area contributed by atoms with Gasteiger partial charge >= 0.3 is 0 Å². The average molecular weight is 455 g/mol. The molecule has 2 fully saturated rings. The first-order chi connectivity index (χ1) is 15.5. The van der Waals surface area contributed by atoms with Gasteiger partial charge in [-0.15, -0.1) is 0 Å². The van der Waals surface area contributed by atoms with Gasteiger partial charge in [0.1, 0.15) is 11.6 Å². The Balaban J connectivity index is 1.32. The van der Waals surface area contributed by atoms with E-state index in [2.05, 4.69) is 31.9 Å². The molecule has 4 aromatic rings. The summed E-state index contributed by atoms with van der Waals surface area (Å²) in [5.74, 6) is 1.43. The third-order valence-corrected chi connectivity index (χ3v) is 6.74. The number of halogens is 2. The van der Waals surface area contributed by atoms with Gasteiger partial charge in [-0.1, -0.05) is 11.6 Å². The SMILES string of the molecule is CN1CCC(n2nc(NCc3nc4cc(Cl)c(F)cc4[nH]3)c3ncc(C4CC4)nc32)CC1. The Hall–Kier alpha value is -2.78. The molecule has 0 radical (unpaired) electrons. The molecule has 0 atom stereocenters. The van der Waals surface area contributed by atoms with Crippen LogP contribution in [0.2, 0.25) is 5.02 Å². The highest BCUT2D eigenvalue weighted by Gasteiger charge is 2.28. The van der Waals surface area contributed by atoms with E-state index in [-0.39, 0.29) is 5.02 Å². The number of nitrogens with zero attached hydrogens (tertiary/aromatic N) is 6. The Morgan fingerprint density at radius 1 is 1.19 bits per heavy atom. The summed E-state index contributed by atoms with van der Waals surface area (Å²) >= 11 is 5.88. The van der Waals surface area contributed by atoms with E-state index in [9.17, 15) is 4.39 Å². The molecule has 32 heavy (non-hydrogen) atoms. The van der Waals surface area contributed by atoms with Gasteiger partial charge in [0, 0.05) is 18.2 Å².